The average Bonchev–Trinajstić information content (AvgIpc) is 3.20. The number of amides is 1. The zero-order chi connectivity index (χ0) is 23.8. The van der Waals surface area contributed by atoms with Gasteiger partial charge in [0.2, 0.25) is 11.8 Å². The maximum absolute atomic E-state index is 12.7. The summed E-state index contributed by atoms with van der Waals surface area (Å²) < 4.78 is 18.8. The third-order valence-electron chi connectivity index (χ3n) is 5.63. The maximum Gasteiger partial charge on any atom is 0.226 e. The quantitative estimate of drug-likeness (QED) is 0.408. The number of aryl methyl sites for hydroxylation is 1. The zero-order valence-corrected chi connectivity index (χ0v) is 20.1. The molecule has 1 heterocycles. The molecule has 7 nitrogen and oxygen atoms in total. The van der Waals surface area contributed by atoms with Crippen molar-refractivity contribution in [2.24, 2.45) is 0 Å². The second-order valence-electron chi connectivity index (χ2n) is 7.54. The van der Waals surface area contributed by atoms with Crippen LogP contribution in [-0.4, -0.2) is 47.9 Å². The lowest BCUT2D eigenvalue weighted by molar-refractivity contribution is -0.130. The highest BCUT2D eigenvalue weighted by atomic mass is 16.5. The first kappa shape index (κ1) is 24.2. The van der Waals surface area contributed by atoms with E-state index in [2.05, 4.69) is 6.92 Å². The number of carbonyl (C=O) groups excluding carboxylic acids is 1. The van der Waals surface area contributed by atoms with E-state index < -0.39 is 0 Å². The number of benzene rings is 2. The first-order valence-electron chi connectivity index (χ1n) is 11.4. The number of aromatic nitrogens is 2. The van der Waals surface area contributed by atoms with Crippen LogP contribution in [0.2, 0.25) is 0 Å². The van der Waals surface area contributed by atoms with Crippen molar-refractivity contribution in [3.05, 3.63) is 59.8 Å². The van der Waals surface area contributed by atoms with Gasteiger partial charge in [0.05, 0.1) is 25.6 Å². The van der Waals surface area contributed by atoms with Crippen LogP contribution in [0, 0.1) is 0 Å². The fraction of sp³-hybridized carbons (Fsp3) is 0.385. The molecule has 0 fully saturated rings. The molecule has 33 heavy (non-hydrogen) atoms. The SMILES string of the molecule is CCc1nn(-c2ccc(OC)cc2)c(Oc2cccc(OC)c2)c1CCC(=O)N(CC)CC. The van der Waals surface area contributed by atoms with E-state index in [-0.39, 0.29) is 5.91 Å². The highest BCUT2D eigenvalue weighted by molar-refractivity contribution is 5.76. The predicted molar refractivity (Wildman–Crippen MR) is 129 cm³/mol. The number of methoxy groups -OCH3 is 2. The summed E-state index contributed by atoms with van der Waals surface area (Å²) in [7, 11) is 3.26. The Morgan fingerprint density at radius 1 is 0.939 bits per heavy atom. The topological polar surface area (TPSA) is 65.8 Å². The van der Waals surface area contributed by atoms with Crippen molar-refractivity contribution in [3.63, 3.8) is 0 Å². The van der Waals surface area contributed by atoms with E-state index in [0.717, 1.165) is 29.1 Å². The van der Waals surface area contributed by atoms with E-state index in [1.807, 2.05) is 67.3 Å². The third-order valence-corrected chi connectivity index (χ3v) is 5.63. The number of carbonyl (C=O) groups is 1. The smallest absolute Gasteiger partial charge is 0.226 e. The van der Waals surface area contributed by atoms with Crippen LogP contribution in [0.3, 0.4) is 0 Å². The molecule has 0 saturated carbocycles. The van der Waals surface area contributed by atoms with Gasteiger partial charge >= 0.3 is 0 Å². The zero-order valence-electron chi connectivity index (χ0n) is 20.1. The van der Waals surface area contributed by atoms with Crippen LogP contribution < -0.4 is 14.2 Å². The summed E-state index contributed by atoms with van der Waals surface area (Å²) in [6.07, 6.45) is 1.68. The van der Waals surface area contributed by atoms with Crippen LogP contribution in [0.15, 0.2) is 48.5 Å². The first-order valence-corrected chi connectivity index (χ1v) is 11.4. The van der Waals surface area contributed by atoms with Gasteiger partial charge in [-0.3, -0.25) is 4.79 Å². The predicted octanol–water partition coefficient (Wildman–Crippen LogP) is 5.05. The van der Waals surface area contributed by atoms with Crippen molar-refractivity contribution in [1.82, 2.24) is 14.7 Å². The Morgan fingerprint density at radius 3 is 2.21 bits per heavy atom. The fourth-order valence-corrected chi connectivity index (χ4v) is 3.76. The Morgan fingerprint density at radius 2 is 1.61 bits per heavy atom. The van der Waals surface area contributed by atoms with Crippen molar-refractivity contribution in [3.8, 4) is 28.8 Å². The molecule has 7 heteroatoms. The molecule has 0 radical (unpaired) electrons. The Bertz CT molecular complexity index is 1060. The van der Waals surface area contributed by atoms with Crippen LogP contribution in [0.5, 0.6) is 23.1 Å². The molecule has 3 aromatic rings. The summed E-state index contributed by atoms with van der Waals surface area (Å²) in [6.45, 7) is 7.46. The maximum atomic E-state index is 12.7. The third kappa shape index (κ3) is 5.66. The minimum Gasteiger partial charge on any atom is -0.497 e. The molecule has 1 aromatic heterocycles. The minimum atomic E-state index is 0.131. The fourth-order valence-electron chi connectivity index (χ4n) is 3.76. The Labute approximate surface area is 195 Å². The van der Waals surface area contributed by atoms with Crippen molar-refractivity contribution >= 4 is 5.91 Å². The molecule has 1 amide bonds. The molecule has 0 aliphatic rings. The minimum absolute atomic E-state index is 0.131. The van der Waals surface area contributed by atoms with Gasteiger partial charge in [0.15, 0.2) is 0 Å². The summed E-state index contributed by atoms with van der Waals surface area (Å²) in [6, 6.07) is 15.1. The van der Waals surface area contributed by atoms with E-state index in [0.29, 0.717) is 43.3 Å². The molecule has 0 N–H and O–H groups in total. The summed E-state index contributed by atoms with van der Waals surface area (Å²) in [5.74, 6) is 2.85. The highest BCUT2D eigenvalue weighted by Crippen LogP contribution is 2.33. The van der Waals surface area contributed by atoms with Gasteiger partial charge in [0.25, 0.3) is 0 Å². The molecule has 176 valence electrons. The number of rotatable bonds is 11. The van der Waals surface area contributed by atoms with E-state index in [9.17, 15) is 4.79 Å². The van der Waals surface area contributed by atoms with Gasteiger partial charge in [-0.15, -0.1) is 0 Å². The molecule has 2 aromatic carbocycles. The number of hydrogen-bond acceptors (Lipinski definition) is 5. The molecule has 3 rings (SSSR count). The van der Waals surface area contributed by atoms with Crippen molar-refractivity contribution in [2.75, 3.05) is 27.3 Å². The molecule has 0 unspecified atom stereocenters. The molecule has 0 spiro atoms. The van der Waals surface area contributed by atoms with Crippen LogP contribution in [0.25, 0.3) is 5.69 Å². The molecule has 0 aliphatic carbocycles. The molecule has 0 aliphatic heterocycles. The summed E-state index contributed by atoms with van der Waals surface area (Å²) >= 11 is 0. The number of ether oxygens (including phenoxy) is 3. The van der Waals surface area contributed by atoms with Crippen LogP contribution in [-0.2, 0) is 17.6 Å². The van der Waals surface area contributed by atoms with Gasteiger partial charge in [0.1, 0.15) is 17.2 Å². The Kier molecular flexibility index (Phi) is 8.35. The van der Waals surface area contributed by atoms with Crippen LogP contribution in [0.1, 0.15) is 38.4 Å². The van der Waals surface area contributed by atoms with Crippen LogP contribution in [0.4, 0.5) is 0 Å². The Balaban J connectivity index is 2.03. The van der Waals surface area contributed by atoms with Crippen molar-refractivity contribution in [2.45, 2.75) is 40.0 Å². The van der Waals surface area contributed by atoms with Gasteiger partial charge in [-0.1, -0.05) is 13.0 Å². The number of nitrogens with zero attached hydrogens (tertiary/aromatic N) is 3. The summed E-state index contributed by atoms with van der Waals surface area (Å²) in [4.78, 5) is 14.6. The highest BCUT2D eigenvalue weighted by Gasteiger charge is 2.22. The lowest BCUT2D eigenvalue weighted by Gasteiger charge is -2.18. The van der Waals surface area contributed by atoms with E-state index in [4.69, 9.17) is 19.3 Å². The molecular weight excluding hydrogens is 418 g/mol. The lowest BCUT2D eigenvalue weighted by atomic mass is 10.1. The van der Waals surface area contributed by atoms with Gasteiger partial charge in [-0.2, -0.15) is 5.10 Å². The summed E-state index contributed by atoms with van der Waals surface area (Å²) in [5.41, 5.74) is 2.71. The van der Waals surface area contributed by atoms with Gasteiger partial charge in [-0.05, 0) is 63.1 Å². The molecule has 0 bridgehead atoms. The van der Waals surface area contributed by atoms with Crippen molar-refractivity contribution in [1.29, 1.82) is 0 Å². The van der Waals surface area contributed by atoms with Gasteiger partial charge in [-0.25, -0.2) is 4.68 Å². The second kappa shape index (κ2) is 11.4. The molecular formula is C26H33N3O4. The monoisotopic (exact) mass is 451 g/mol. The standard InChI is InChI=1S/C26H33N3O4/c1-6-24-23(16-17-25(30)28(7-2)8-3)26(33-22-11-9-10-21(18-22)32-5)29(27-24)19-12-14-20(31-4)15-13-19/h9-15,18H,6-8,16-17H2,1-5H3. The van der Waals surface area contributed by atoms with Crippen molar-refractivity contribution < 1.29 is 19.0 Å². The van der Waals surface area contributed by atoms with Gasteiger partial charge < -0.3 is 19.1 Å². The van der Waals surface area contributed by atoms with E-state index >= 15 is 0 Å². The first-order chi connectivity index (χ1) is 16.0. The molecule has 0 saturated heterocycles. The lowest BCUT2D eigenvalue weighted by Crippen LogP contribution is -2.30. The molecule has 0 atom stereocenters. The van der Waals surface area contributed by atoms with E-state index in [1.54, 1.807) is 18.9 Å². The second-order valence-corrected chi connectivity index (χ2v) is 7.54. The number of hydrogen-bond donors (Lipinski definition) is 0. The average molecular weight is 452 g/mol. The summed E-state index contributed by atoms with van der Waals surface area (Å²) in [5, 5.41) is 4.85. The normalized spacial score (nSPS) is 10.7. The van der Waals surface area contributed by atoms with E-state index in [1.165, 1.54) is 0 Å². The Hall–Kier alpha value is -3.48. The largest absolute Gasteiger partial charge is 0.497 e. The van der Waals surface area contributed by atoms with Gasteiger partial charge in [0, 0.05) is 31.1 Å². The van der Waals surface area contributed by atoms with Crippen LogP contribution >= 0.6 is 0 Å².